The lowest BCUT2D eigenvalue weighted by Gasteiger charge is -2.28. The minimum absolute atomic E-state index is 0.444. The highest BCUT2D eigenvalue weighted by atomic mass is 16.5. The summed E-state index contributed by atoms with van der Waals surface area (Å²) in [4.78, 5) is 4.12. The third kappa shape index (κ3) is 1.68. The Balaban J connectivity index is 2.69. The van der Waals surface area contributed by atoms with Crippen molar-refractivity contribution in [3.63, 3.8) is 0 Å². The van der Waals surface area contributed by atoms with E-state index in [0.717, 1.165) is 16.3 Å². The zero-order valence-electron chi connectivity index (χ0n) is 9.60. The normalized spacial score (nSPS) is 14.9. The lowest BCUT2D eigenvalue weighted by molar-refractivity contribution is 0.0113. The van der Waals surface area contributed by atoms with E-state index in [-0.39, 0.29) is 0 Å². The highest BCUT2D eigenvalue weighted by molar-refractivity contribution is 5.85. The molecule has 0 aliphatic rings. The monoisotopic (exact) mass is 216 g/mol. The maximum absolute atomic E-state index is 5.80. The van der Waals surface area contributed by atoms with E-state index in [1.807, 2.05) is 31.3 Å². The molecule has 84 valence electrons. The number of methoxy groups -OCH3 is 1. The predicted molar refractivity (Wildman–Crippen MR) is 65.2 cm³/mol. The Morgan fingerprint density at radius 1 is 1.38 bits per heavy atom. The quantitative estimate of drug-likeness (QED) is 0.854. The standard InChI is InChI=1S/C13H16N2O/c1-13(9-14,16-2)12-5-3-4-10-8-15-7-6-11(10)12/h3-8H,9,14H2,1-2H3. The molecule has 0 aliphatic heterocycles. The van der Waals surface area contributed by atoms with Gasteiger partial charge in [-0.2, -0.15) is 0 Å². The summed E-state index contributed by atoms with van der Waals surface area (Å²) in [5.74, 6) is 0. The lowest BCUT2D eigenvalue weighted by atomic mass is 9.91. The number of hydrogen-bond acceptors (Lipinski definition) is 3. The number of rotatable bonds is 3. The van der Waals surface area contributed by atoms with Crippen molar-refractivity contribution in [1.82, 2.24) is 4.98 Å². The van der Waals surface area contributed by atoms with E-state index in [1.54, 1.807) is 13.3 Å². The first-order valence-corrected chi connectivity index (χ1v) is 5.30. The van der Waals surface area contributed by atoms with Crippen molar-refractivity contribution in [2.45, 2.75) is 12.5 Å². The van der Waals surface area contributed by atoms with Crippen molar-refractivity contribution in [2.75, 3.05) is 13.7 Å². The molecule has 2 aromatic rings. The van der Waals surface area contributed by atoms with Crippen LogP contribution in [0.1, 0.15) is 12.5 Å². The first-order valence-electron chi connectivity index (χ1n) is 5.30. The highest BCUT2D eigenvalue weighted by Crippen LogP contribution is 2.29. The summed E-state index contributed by atoms with van der Waals surface area (Å²) in [7, 11) is 1.69. The van der Waals surface area contributed by atoms with Gasteiger partial charge < -0.3 is 10.5 Å². The van der Waals surface area contributed by atoms with Crippen LogP contribution in [0.5, 0.6) is 0 Å². The van der Waals surface area contributed by atoms with Gasteiger partial charge in [0.1, 0.15) is 5.60 Å². The molecule has 16 heavy (non-hydrogen) atoms. The fourth-order valence-electron chi connectivity index (χ4n) is 1.89. The molecule has 0 bridgehead atoms. The van der Waals surface area contributed by atoms with Crippen LogP contribution in [-0.4, -0.2) is 18.6 Å². The summed E-state index contributed by atoms with van der Waals surface area (Å²) in [5, 5.41) is 2.25. The van der Waals surface area contributed by atoms with Crippen LogP contribution < -0.4 is 5.73 Å². The molecule has 0 amide bonds. The van der Waals surface area contributed by atoms with Gasteiger partial charge >= 0.3 is 0 Å². The number of aromatic nitrogens is 1. The second-order valence-electron chi connectivity index (χ2n) is 4.04. The van der Waals surface area contributed by atoms with Crippen LogP contribution in [0.25, 0.3) is 10.8 Å². The van der Waals surface area contributed by atoms with Crippen LogP contribution in [0.3, 0.4) is 0 Å². The summed E-state index contributed by atoms with van der Waals surface area (Å²) in [6.45, 7) is 2.45. The Labute approximate surface area is 95.2 Å². The zero-order chi connectivity index (χ0) is 11.6. The van der Waals surface area contributed by atoms with Gasteiger partial charge in [-0.1, -0.05) is 18.2 Å². The maximum atomic E-state index is 5.80. The van der Waals surface area contributed by atoms with Crippen LogP contribution in [0, 0.1) is 0 Å². The van der Waals surface area contributed by atoms with E-state index in [9.17, 15) is 0 Å². The smallest absolute Gasteiger partial charge is 0.103 e. The first-order chi connectivity index (χ1) is 7.71. The number of ether oxygens (including phenoxy) is 1. The SMILES string of the molecule is COC(C)(CN)c1cccc2cnccc12. The third-order valence-corrected chi connectivity index (χ3v) is 3.09. The Hall–Kier alpha value is -1.45. The average Bonchev–Trinajstić information content (AvgIpc) is 2.37. The van der Waals surface area contributed by atoms with Crippen molar-refractivity contribution >= 4 is 10.8 Å². The lowest BCUT2D eigenvalue weighted by Crippen LogP contribution is -2.33. The minimum atomic E-state index is -0.444. The van der Waals surface area contributed by atoms with Gasteiger partial charge in [0.25, 0.3) is 0 Å². The molecule has 2 rings (SSSR count). The average molecular weight is 216 g/mol. The molecule has 3 nitrogen and oxygen atoms in total. The molecule has 0 spiro atoms. The molecule has 1 aromatic carbocycles. The first kappa shape index (κ1) is 11.0. The number of pyridine rings is 1. The highest BCUT2D eigenvalue weighted by Gasteiger charge is 2.25. The van der Waals surface area contributed by atoms with Gasteiger partial charge in [0.2, 0.25) is 0 Å². The maximum Gasteiger partial charge on any atom is 0.103 e. The van der Waals surface area contributed by atoms with Gasteiger partial charge in [-0.15, -0.1) is 0 Å². The second kappa shape index (κ2) is 4.20. The molecule has 0 aliphatic carbocycles. The zero-order valence-corrected chi connectivity index (χ0v) is 9.60. The number of benzene rings is 1. The van der Waals surface area contributed by atoms with Gasteiger partial charge in [-0.3, -0.25) is 4.98 Å². The number of nitrogens with two attached hydrogens (primary N) is 1. The summed E-state index contributed by atoms with van der Waals surface area (Å²) < 4.78 is 5.54. The summed E-state index contributed by atoms with van der Waals surface area (Å²) in [5.41, 5.74) is 6.47. The molecule has 1 unspecified atom stereocenters. The second-order valence-corrected chi connectivity index (χ2v) is 4.04. The summed E-state index contributed by atoms with van der Waals surface area (Å²) in [6, 6.07) is 8.10. The van der Waals surface area contributed by atoms with Crippen LogP contribution in [0.4, 0.5) is 0 Å². The molecular weight excluding hydrogens is 200 g/mol. The summed E-state index contributed by atoms with van der Waals surface area (Å²) >= 11 is 0. The van der Waals surface area contributed by atoms with Crippen LogP contribution in [0.15, 0.2) is 36.7 Å². The molecule has 3 heteroatoms. The molecule has 0 radical (unpaired) electrons. The van der Waals surface area contributed by atoms with Crippen LogP contribution >= 0.6 is 0 Å². The molecule has 0 saturated heterocycles. The van der Waals surface area contributed by atoms with Crippen molar-refractivity contribution in [3.05, 3.63) is 42.2 Å². The van der Waals surface area contributed by atoms with Gasteiger partial charge in [0, 0.05) is 31.4 Å². The Morgan fingerprint density at radius 2 is 2.19 bits per heavy atom. The van der Waals surface area contributed by atoms with E-state index in [2.05, 4.69) is 11.1 Å². The van der Waals surface area contributed by atoms with E-state index >= 15 is 0 Å². The van der Waals surface area contributed by atoms with Gasteiger partial charge in [0.05, 0.1) is 0 Å². The molecule has 1 atom stereocenters. The fourth-order valence-corrected chi connectivity index (χ4v) is 1.89. The van der Waals surface area contributed by atoms with Crippen molar-refractivity contribution in [1.29, 1.82) is 0 Å². The Morgan fingerprint density at radius 3 is 2.88 bits per heavy atom. The van der Waals surface area contributed by atoms with Crippen LogP contribution in [-0.2, 0) is 10.3 Å². The number of nitrogens with zero attached hydrogens (tertiary/aromatic N) is 1. The van der Waals surface area contributed by atoms with Crippen LogP contribution in [0.2, 0.25) is 0 Å². The van der Waals surface area contributed by atoms with Gasteiger partial charge in [0.15, 0.2) is 0 Å². The van der Waals surface area contributed by atoms with E-state index in [1.165, 1.54) is 0 Å². The molecule has 0 fully saturated rings. The van der Waals surface area contributed by atoms with Crippen molar-refractivity contribution in [3.8, 4) is 0 Å². The molecule has 1 heterocycles. The van der Waals surface area contributed by atoms with Crippen molar-refractivity contribution < 1.29 is 4.74 Å². The largest absolute Gasteiger partial charge is 0.372 e. The van der Waals surface area contributed by atoms with E-state index in [0.29, 0.717) is 6.54 Å². The Bertz CT molecular complexity index is 487. The molecule has 1 aromatic heterocycles. The third-order valence-electron chi connectivity index (χ3n) is 3.09. The Kier molecular flexibility index (Phi) is 2.90. The topological polar surface area (TPSA) is 48.1 Å². The molecule has 2 N–H and O–H groups in total. The van der Waals surface area contributed by atoms with Gasteiger partial charge in [-0.25, -0.2) is 0 Å². The predicted octanol–water partition coefficient (Wildman–Crippen LogP) is 2.06. The minimum Gasteiger partial charge on any atom is -0.372 e. The van der Waals surface area contributed by atoms with Gasteiger partial charge in [-0.05, 0) is 23.9 Å². The van der Waals surface area contributed by atoms with E-state index in [4.69, 9.17) is 10.5 Å². The summed E-state index contributed by atoms with van der Waals surface area (Å²) in [6.07, 6.45) is 3.64. The fraction of sp³-hybridized carbons (Fsp3) is 0.308. The number of fused-ring (bicyclic) bond motifs is 1. The van der Waals surface area contributed by atoms with E-state index < -0.39 is 5.60 Å². The molecular formula is C13H16N2O. The molecule has 0 saturated carbocycles. The number of hydrogen-bond donors (Lipinski definition) is 1. The van der Waals surface area contributed by atoms with Crippen molar-refractivity contribution in [2.24, 2.45) is 5.73 Å².